The van der Waals surface area contributed by atoms with E-state index in [0.29, 0.717) is 21.5 Å². The number of benzene rings is 4. The number of amides is 1. The predicted molar refractivity (Wildman–Crippen MR) is 163 cm³/mol. The molecule has 13 heteroatoms. The number of ether oxygens (including phenoxy) is 1. The highest BCUT2D eigenvalue weighted by Gasteiger charge is 2.18. The van der Waals surface area contributed by atoms with Gasteiger partial charge in [0, 0.05) is 28.1 Å². The van der Waals surface area contributed by atoms with Crippen LogP contribution in [0.1, 0.15) is 5.56 Å². The van der Waals surface area contributed by atoms with Gasteiger partial charge in [-0.25, -0.2) is 9.37 Å². The summed E-state index contributed by atoms with van der Waals surface area (Å²) in [4.78, 5) is 41.6. The highest BCUT2D eigenvalue weighted by molar-refractivity contribution is 6.31. The van der Waals surface area contributed by atoms with Gasteiger partial charge in [-0.15, -0.1) is 0 Å². The first-order valence-corrected chi connectivity index (χ1v) is 13.4. The number of rotatable bonds is 8. The van der Waals surface area contributed by atoms with E-state index in [9.17, 15) is 24.1 Å². The van der Waals surface area contributed by atoms with Crippen molar-refractivity contribution in [3.8, 4) is 17.3 Å². The van der Waals surface area contributed by atoms with E-state index in [-0.39, 0.29) is 39.7 Å². The zero-order valence-electron chi connectivity index (χ0n) is 22.4. The van der Waals surface area contributed by atoms with Crippen molar-refractivity contribution in [2.24, 2.45) is 5.10 Å². The molecule has 44 heavy (non-hydrogen) atoms. The molecule has 218 valence electrons. The number of hydrogen-bond donors (Lipinski definition) is 1. The molecule has 0 aliphatic heterocycles. The number of nitro groups is 1. The van der Waals surface area contributed by atoms with Gasteiger partial charge in [-0.1, -0.05) is 35.9 Å². The molecule has 0 fully saturated rings. The Morgan fingerprint density at radius 3 is 2.70 bits per heavy atom. The molecule has 0 unspecified atom stereocenters. The minimum atomic E-state index is -0.668. The van der Waals surface area contributed by atoms with Crippen LogP contribution in [0.25, 0.3) is 33.5 Å². The Kier molecular flexibility index (Phi) is 7.56. The number of para-hydroxylation sites is 2. The molecule has 2 aromatic heterocycles. The van der Waals surface area contributed by atoms with Crippen LogP contribution in [0.3, 0.4) is 0 Å². The molecule has 0 saturated heterocycles. The summed E-state index contributed by atoms with van der Waals surface area (Å²) in [7, 11) is 0. The van der Waals surface area contributed by atoms with Crippen molar-refractivity contribution in [3.63, 3.8) is 0 Å². The van der Waals surface area contributed by atoms with Crippen LogP contribution in [-0.4, -0.2) is 33.3 Å². The number of nitrogens with zero attached hydrogens (tertiary/aromatic N) is 4. The number of hydrogen-bond acceptors (Lipinski definition) is 8. The molecule has 11 nitrogen and oxygen atoms in total. The molecule has 1 N–H and O–H groups in total. The molecule has 0 atom stereocenters. The molecule has 0 spiro atoms. The number of fused-ring (bicyclic) bond motifs is 2. The van der Waals surface area contributed by atoms with Gasteiger partial charge in [0.1, 0.15) is 17.1 Å². The van der Waals surface area contributed by atoms with Gasteiger partial charge in [-0.3, -0.25) is 19.7 Å². The average Bonchev–Trinajstić information content (AvgIpc) is 3.44. The monoisotopic (exact) mass is 611 g/mol. The van der Waals surface area contributed by atoms with Gasteiger partial charge < -0.3 is 14.5 Å². The molecule has 0 saturated carbocycles. The third-order valence-electron chi connectivity index (χ3n) is 6.48. The Bertz CT molecular complexity index is 2180. The minimum absolute atomic E-state index is 0.0323. The Balaban J connectivity index is 1.39. The second-order valence-corrected chi connectivity index (χ2v) is 9.84. The number of aromatic nitrogens is 2. The van der Waals surface area contributed by atoms with Gasteiger partial charge in [0.2, 0.25) is 5.82 Å². The van der Waals surface area contributed by atoms with Gasteiger partial charge in [-0.2, -0.15) is 9.78 Å². The second kappa shape index (κ2) is 11.8. The summed E-state index contributed by atoms with van der Waals surface area (Å²) < 4.78 is 26.5. The molecule has 1 amide bonds. The van der Waals surface area contributed by atoms with Gasteiger partial charge in [0.05, 0.1) is 27.7 Å². The smallest absolute Gasteiger partial charge is 0.282 e. The lowest BCUT2D eigenvalue weighted by molar-refractivity contribution is -0.384. The van der Waals surface area contributed by atoms with Crippen LogP contribution in [0.4, 0.5) is 15.8 Å². The van der Waals surface area contributed by atoms with Crippen molar-refractivity contribution in [1.82, 2.24) is 9.66 Å². The van der Waals surface area contributed by atoms with Gasteiger partial charge in [0.15, 0.2) is 12.4 Å². The maximum Gasteiger partial charge on any atom is 0.282 e. The number of halogens is 2. The molecule has 4 aromatic carbocycles. The molecule has 2 heterocycles. The maximum absolute atomic E-state index is 13.9. The number of anilines is 1. The standard InChI is InChI=1S/C31H19ClFN5O6/c32-20-9-11-27-18(13-20)15-28(44-27)30-36-24-7-3-1-5-22(24)31(40)37(30)34-16-19-14-21(38(41)42)10-12-26(19)43-17-29(39)35-25-8-4-2-6-23(25)33/h1-16H,17H2,(H,35,39). The quantitative estimate of drug-likeness (QED) is 0.119. The largest absolute Gasteiger partial charge is 0.483 e. The van der Waals surface area contributed by atoms with E-state index >= 15 is 0 Å². The summed E-state index contributed by atoms with van der Waals surface area (Å²) in [6, 6.07) is 22.7. The van der Waals surface area contributed by atoms with Gasteiger partial charge >= 0.3 is 0 Å². The first-order valence-electron chi connectivity index (χ1n) is 13.0. The summed E-state index contributed by atoms with van der Waals surface area (Å²) in [6.45, 7) is -0.544. The highest BCUT2D eigenvalue weighted by atomic mass is 35.5. The number of non-ortho nitro benzene ring substituents is 1. The van der Waals surface area contributed by atoms with E-state index in [1.54, 1.807) is 54.6 Å². The van der Waals surface area contributed by atoms with Gasteiger partial charge in [0.25, 0.3) is 17.2 Å². The zero-order chi connectivity index (χ0) is 30.8. The van der Waals surface area contributed by atoms with Gasteiger partial charge in [-0.05, 0) is 54.6 Å². The topological polar surface area (TPSA) is 142 Å². The summed E-state index contributed by atoms with van der Waals surface area (Å²) in [6.07, 6.45) is 1.18. The van der Waals surface area contributed by atoms with E-state index < -0.39 is 28.8 Å². The maximum atomic E-state index is 13.9. The number of nitrogens with one attached hydrogen (secondary N) is 1. The molecular weight excluding hydrogens is 593 g/mol. The summed E-state index contributed by atoms with van der Waals surface area (Å²) in [5.74, 6) is -0.956. The Morgan fingerprint density at radius 1 is 1.09 bits per heavy atom. The van der Waals surface area contributed by atoms with Crippen LogP contribution in [0.5, 0.6) is 5.75 Å². The van der Waals surface area contributed by atoms with Crippen molar-refractivity contribution >= 4 is 57.0 Å². The zero-order valence-corrected chi connectivity index (χ0v) is 23.2. The fourth-order valence-electron chi connectivity index (χ4n) is 4.41. The molecule has 0 aliphatic rings. The first-order chi connectivity index (χ1) is 21.3. The highest BCUT2D eigenvalue weighted by Crippen LogP contribution is 2.29. The van der Waals surface area contributed by atoms with Crippen molar-refractivity contribution in [2.45, 2.75) is 0 Å². The van der Waals surface area contributed by atoms with E-state index in [1.165, 1.54) is 42.6 Å². The van der Waals surface area contributed by atoms with Crippen molar-refractivity contribution in [3.05, 3.63) is 128 Å². The summed E-state index contributed by atoms with van der Waals surface area (Å²) >= 11 is 6.13. The Labute approximate surface area is 251 Å². The SMILES string of the molecule is O=C(COc1ccc([N+](=O)[O-])cc1C=Nn1c(-c2cc3cc(Cl)ccc3o2)nc2ccccc2c1=O)Nc1ccccc1F. The number of carbonyl (C=O) groups is 1. The van der Waals surface area contributed by atoms with E-state index in [1.807, 2.05) is 0 Å². The third kappa shape index (κ3) is 5.74. The Morgan fingerprint density at radius 2 is 1.89 bits per heavy atom. The van der Waals surface area contributed by atoms with Crippen LogP contribution in [0, 0.1) is 15.9 Å². The van der Waals surface area contributed by atoms with E-state index in [4.69, 9.17) is 20.8 Å². The third-order valence-corrected chi connectivity index (χ3v) is 6.71. The lowest BCUT2D eigenvalue weighted by atomic mass is 10.2. The van der Waals surface area contributed by atoms with Crippen LogP contribution in [0.2, 0.25) is 5.02 Å². The normalized spacial score (nSPS) is 11.3. The molecule has 0 radical (unpaired) electrons. The van der Waals surface area contributed by atoms with E-state index in [2.05, 4.69) is 15.4 Å². The Hall–Kier alpha value is -5.88. The summed E-state index contributed by atoms with van der Waals surface area (Å²) in [5, 5.41) is 19.7. The molecule has 0 bridgehead atoms. The molecular formula is C31H19ClFN5O6. The second-order valence-electron chi connectivity index (χ2n) is 9.40. The predicted octanol–water partition coefficient (Wildman–Crippen LogP) is 6.41. The summed E-state index contributed by atoms with van der Waals surface area (Å²) in [5.41, 5.74) is 0.143. The number of furan rings is 1. The fraction of sp³-hybridized carbons (Fsp3) is 0.0323. The molecule has 6 aromatic rings. The van der Waals surface area contributed by atoms with Crippen molar-refractivity contribution in [1.29, 1.82) is 0 Å². The van der Waals surface area contributed by atoms with Crippen LogP contribution >= 0.6 is 11.6 Å². The first kappa shape index (κ1) is 28.2. The number of nitro benzene ring substituents is 1. The van der Waals surface area contributed by atoms with Crippen molar-refractivity contribution < 1.29 is 23.3 Å². The van der Waals surface area contributed by atoms with Crippen LogP contribution in [-0.2, 0) is 4.79 Å². The van der Waals surface area contributed by atoms with E-state index in [0.717, 1.165) is 4.68 Å². The molecule has 6 rings (SSSR count). The lowest BCUT2D eigenvalue weighted by Gasteiger charge is -2.11. The molecule has 0 aliphatic carbocycles. The number of carbonyl (C=O) groups excluding carboxylic acids is 1. The fourth-order valence-corrected chi connectivity index (χ4v) is 4.59. The lowest BCUT2D eigenvalue weighted by Crippen LogP contribution is -2.21. The van der Waals surface area contributed by atoms with Crippen LogP contribution in [0.15, 0.2) is 105 Å². The average molecular weight is 612 g/mol. The van der Waals surface area contributed by atoms with Crippen LogP contribution < -0.4 is 15.6 Å². The minimum Gasteiger partial charge on any atom is -0.483 e. The van der Waals surface area contributed by atoms with Crippen molar-refractivity contribution in [2.75, 3.05) is 11.9 Å².